The van der Waals surface area contributed by atoms with Gasteiger partial charge in [-0.3, -0.25) is 4.99 Å². The minimum atomic E-state index is -2.62. The van der Waals surface area contributed by atoms with Crippen molar-refractivity contribution in [1.29, 1.82) is 0 Å². The molecule has 0 aliphatic heterocycles. The summed E-state index contributed by atoms with van der Waals surface area (Å²) in [5, 5.41) is 0. The Labute approximate surface area is 183 Å². The highest BCUT2D eigenvalue weighted by molar-refractivity contribution is 6.60. The predicted octanol–water partition coefficient (Wildman–Crippen LogP) is 7.44. The van der Waals surface area contributed by atoms with Gasteiger partial charge in [0.1, 0.15) is 0 Å². The molecule has 0 aromatic carbocycles. The Morgan fingerprint density at radius 3 is 1.55 bits per heavy atom. The van der Waals surface area contributed by atoms with Crippen molar-refractivity contribution >= 4 is 14.5 Å². The van der Waals surface area contributed by atoms with Crippen LogP contribution in [-0.4, -0.2) is 40.9 Å². The summed E-state index contributed by atoms with van der Waals surface area (Å²) in [6, 6.07) is 0.885. The van der Waals surface area contributed by atoms with Crippen molar-refractivity contribution < 1.29 is 13.3 Å². The monoisotopic (exact) mass is 429 g/mol. The number of hydrogen-bond donors (Lipinski definition) is 0. The zero-order chi connectivity index (χ0) is 21.8. The van der Waals surface area contributed by atoms with Crippen molar-refractivity contribution in [3.05, 3.63) is 0 Å². The molecule has 0 aromatic heterocycles. The van der Waals surface area contributed by atoms with Crippen LogP contribution < -0.4 is 0 Å². The lowest BCUT2D eigenvalue weighted by atomic mass is 10.1. The van der Waals surface area contributed by atoms with Gasteiger partial charge in [-0.05, 0) is 44.9 Å². The molecule has 0 rings (SSSR count). The van der Waals surface area contributed by atoms with E-state index in [1.807, 2.05) is 0 Å². The van der Waals surface area contributed by atoms with E-state index >= 15 is 0 Å². The molecular formula is C24H51NO3Si. The molecule has 0 aromatic rings. The van der Waals surface area contributed by atoms with E-state index in [1.165, 1.54) is 44.2 Å². The van der Waals surface area contributed by atoms with Gasteiger partial charge in [0.2, 0.25) is 0 Å². The van der Waals surface area contributed by atoms with Crippen LogP contribution >= 0.6 is 0 Å². The van der Waals surface area contributed by atoms with Crippen molar-refractivity contribution in [3.8, 4) is 0 Å². The first-order chi connectivity index (χ1) is 14.0. The van der Waals surface area contributed by atoms with Crippen LogP contribution in [0.25, 0.3) is 0 Å². The maximum absolute atomic E-state index is 6.41. The number of unbranched alkanes of at least 4 members (excludes halogenated alkanes) is 6. The fourth-order valence-corrected chi connectivity index (χ4v) is 5.94. The maximum Gasteiger partial charge on any atom is 0.501 e. The van der Waals surface area contributed by atoms with Crippen LogP contribution in [0.2, 0.25) is 6.04 Å². The van der Waals surface area contributed by atoms with Crippen LogP contribution in [0.4, 0.5) is 0 Å². The van der Waals surface area contributed by atoms with Gasteiger partial charge in [0.25, 0.3) is 0 Å². The molecule has 0 radical (unpaired) electrons. The molecule has 0 aliphatic rings. The van der Waals surface area contributed by atoms with Crippen molar-refractivity contribution in [2.45, 2.75) is 118 Å². The van der Waals surface area contributed by atoms with E-state index in [1.54, 1.807) is 0 Å². The zero-order valence-corrected chi connectivity index (χ0v) is 21.6. The topological polar surface area (TPSA) is 40.0 Å². The highest BCUT2D eigenvalue weighted by Crippen LogP contribution is 2.21. The Morgan fingerprint density at radius 1 is 0.724 bits per heavy atom. The number of hydrogen-bond acceptors (Lipinski definition) is 4. The molecule has 174 valence electrons. The summed E-state index contributed by atoms with van der Waals surface area (Å²) in [5.74, 6) is 0.665. The summed E-state index contributed by atoms with van der Waals surface area (Å²) in [6.45, 7) is 16.5. The molecule has 0 unspecified atom stereocenters. The summed E-state index contributed by atoms with van der Waals surface area (Å²) in [5.41, 5.74) is 1.25. The van der Waals surface area contributed by atoms with Gasteiger partial charge in [0.15, 0.2) is 0 Å². The summed E-state index contributed by atoms with van der Waals surface area (Å²) in [7, 11) is -2.62. The van der Waals surface area contributed by atoms with Gasteiger partial charge in [-0.1, -0.05) is 73.1 Å². The molecule has 4 nitrogen and oxygen atoms in total. The molecule has 0 atom stereocenters. The van der Waals surface area contributed by atoms with E-state index in [9.17, 15) is 0 Å². The second-order valence-electron chi connectivity index (χ2n) is 8.67. The summed E-state index contributed by atoms with van der Waals surface area (Å²) < 4.78 is 19.2. The van der Waals surface area contributed by atoms with Crippen LogP contribution in [0.5, 0.6) is 0 Å². The summed E-state index contributed by atoms with van der Waals surface area (Å²) in [4.78, 5) is 4.77. The summed E-state index contributed by atoms with van der Waals surface area (Å²) in [6.07, 6.45) is 12.6. The smallest absolute Gasteiger partial charge is 0.373 e. The maximum atomic E-state index is 6.41. The van der Waals surface area contributed by atoms with Crippen molar-refractivity contribution in [2.24, 2.45) is 10.9 Å². The van der Waals surface area contributed by atoms with E-state index in [4.69, 9.17) is 18.3 Å². The first-order valence-electron chi connectivity index (χ1n) is 12.4. The molecule has 0 heterocycles. The number of nitrogens with zero attached hydrogens (tertiary/aromatic N) is 1. The molecule has 29 heavy (non-hydrogen) atoms. The van der Waals surface area contributed by atoms with Crippen molar-refractivity contribution in [3.63, 3.8) is 0 Å². The highest BCUT2D eigenvalue weighted by atomic mass is 28.4. The average Bonchev–Trinajstić information content (AvgIpc) is 2.68. The third kappa shape index (κ3) is 17.2. The zero-order valence-electron chi connectivity index (χ0n) is 20.6. The number of aliphatic imine (C=N–C) groups is 1. The third-order valence-corrected chi connectivity index (χ3v) is 7.83. The lowest BCUT2D eigenvalue weighted by Crippen LogP contribution is -2.46. The van der Waals surface area contributed by atoms with Crippen molar-refractivity contribution in [1.82, 2.24) is 0 Å². The molecule has 0 amide bonds. The molecule has 0 saturated heterocycles. The van der Waals surface area contributed by atoms with Crippen LogP contribution in [0.1, 0.15) is 112 Å². The fraction of sp³-hybridized carbons (Fsp3) is 0.958. The Bertz CT molecular complexity index is 357. The lowest BCUT2D eigenvalue weighted by molar-refractivity contribution is 0.0551. The minimum absolute atomic E-state index is 0.665. The largest absolute Gasteiger partial charge is 0.501 e. The Kier molecular flexibility index (Phi) is 19.6. The quantitative estimate of drug-likeness (QED) is 0.108. The van der Waals surface area contributed by atoms with Crippen LogP contribution in [0.3, 0.4) is 0 Å². The van der Waals surface area contributed by atoms with Crippen LogP contribution in [-0.2, 0) is 13.3 Å². The SMILES string of the molecule is CCCCCO[Si](CCCN=C(C)CC(C)C)(OCCCCC)OCCCCC. The normalized spacial score (nSPS) is 12.9. The van der Waals surface area contributed by atoms with E-state index in [-0.39, 0.29) is 0 Å². The van der Waals surface area contributed by atoms with E-state index < -0.39 is 8.80 Å². The average molecular weight is 430 g/mol. The van der Waals surface area contributed by atoms with Gasteiger partial charge in [0.05, 0.1) is 0 Å². The molecule has 0 aliphatic carbocycles. The predicted molar refractivity (Wildman–Crippen MR) is 129 cm³/mol. The van der Waals surface area contributed by atoms with Gasteiger partial charge >= 0.3 is 8.80 Å². The van der Waals surface area contributed by atoms with E-state index in [0.717, 1.165) is 64.5 Å². The van der Waals surface area contributed by atoms with Crippen LogP contribution in [0.15, 0.2) is 4.99 Å². The first-order valence-corrected chi connectivity index (χ1v) is 14.3. The molecule has 0 fully saturated rings. The first kappa shape index (κ1) is 28.8. The second-order valence-corrected chi connectivity index (χ2v) is 11.4. The van der Waals surface area contributed by atoms with E-state index in [2.05, 4.69) is 41.5 Å². The third-order valence-electron chi connectivity index (χ3n) is 4.94. The van der Waals surface area contributed by atoms with E-state index in [0.29, 0.717) is 5.92 Å². The standard InChI is InChI=1S/C24H51NO3Si/c1-7-10-13-18-26-29(27-19-14-11-8-2,28-20-15-12-9-3)21-16-17-25-24(6)22-23(4)5/h23H,7-22H2,1-6H3. The molecule has 0 N–H and O–H groups in total. The molecule has 5 heteroatoms. The minimum Gasteiger partial charge on any atom is -0.373 e. The van der Waals surface area contributed by atoms with Crippen molar-refractivity contribution in [2.75, 3.05) is 26.4 Å². The molecular weight excluding hydrogens is 378 g/mol. The highest BCUT2D eigenvalue weighted by Gasteiger charge is 2.40. The lowest BCUT2D eigenvalue weighted by Gasteiger charge is -2.30. The molecule has 0 bridgehead atoms. The summed E-state index contributed by atoms with van der Waals surface area (Å²) >= 11 is 0. The van der Waals surface area contributed by atoms with Gasteiger partial charge in [-0.15, -0.1) is 0 Å². The van der Waals surface area contributed by atoms with Gasteiger partial charge in [-0.2, -0.15) is 0 Å². The Balaban J connectivity index is 4.86. The van der Waals surface area contributed by atoms with Gasteiger partial charge in [0, 0.05) is 38.1 Å². The number of rotatable bonds is 21. The molecule has 0 saturated carbocycles. The second kappa shape index (κ2) is 19.7. The van der Waals surface area contributed by atoms with Crippen LogP contribution in [0, 0.1) is 5.92 Å². The Morgan fingerprint density at radius 2 is 1.17 bits per heavy atom. The Hall–Kier alpha value is -0.233. The van der Waals surface area contributed by atoms with Gasteiger partial charge < -0.3 is 13.3 Å². The molecule has 0 spiro atoms. The fourth-order valence-electron chi connectivity index (χ4n) is 3.30. The van der Waals surface area contributed by atoms with Gasteiger partial charge in [-0.25, -0.2) is 0 Å².